The van der Waals surface area contributed by atoms with Crippen molar-refractivity contribution in [2.24, 2.45) is 5.92 Å². The van der Waals surface area contributed by atoms with Crippen LogP contribution in [0.2, 0.25) is 0 Å². The molecule has 0 aromatic heterocycles. The highest BCUT2D eigenvalue weighted by Gasteiger charge is 2.37. The lowest BCUT2D eigenvalue weighted by atomic mass is 10.0. The molecule has 0 amide bonds. The Kier molecular flexibility index (Phi) is 5.30. The average Bonchev–Trinajstić information content (AvgIpc) is 3.22. The summed E-state index contributed by atoms with van der Waals surface area (Å²) in [7, 11) is 3.36. The third-order valence-corrected chi connectivity index (χ3v) is 4.22. The second kappa shape index (κ2) is 6.98. The second-order valence-corrected chi connectivity index (χ2v) is 5.63. The Balaban J connectivity index is 2.04. The zero-order chi connectivity index (χ0) is 14.5. The van der Waals surface area contributed by atoms with Crippen LogP contribution in [0.25, 0.3) is 0 Å². The summed E-state index contributed by atoms with van der Waals surface area (Å²) in [6.07, 6.45) is 5.05. The van der Waals surface area contributed by atoms with Gasteiger partial charge in [-0.3, -0.25) is 0 Å². The van der Waals surface area contributed by atoms with Gasteiger partial charge in [0.2, 0.25) is 0 Å². The van der Waals surface area contributed by atoms with Crippen LogP contribution in [-0.4, -0.2) is 20.3 Å². The quantitative estimate of drug-likeness (QED) is 0.781. The van der Waals surface area contributed by atoms with Gasteiger partial charge in [-0.2, -0.15) is 0 Å². The Hall–Kier alpha value is -1.22. The molecule has 0 aliphatic heterocycles. The molecule has 1 aliphatic carbocycles. The normalized spacial score (nSPS) is 22.4. The SMILES string of the molecule is CCCC1CC1NC(CC)c1ccc(OC)c(OC)c1. The summed E-state index contributed by atoms with van der Waals surface area (Å²) in [5, 5.41) is 3.78. The number of hydrogen-bond donors (Lipinski definition) is 1. The van der Waals surface area contributed by atoms with Crippen LogP contribution >= 0.6 is 0 Å². The third-order valence-electron chi connectivity index (χ3n) is 4.22. The van der Waals surface area contributed by atoms with Crippen LogP contribution in [0.3, 0.4) is 0 Å². The highest BCUT2D eigenvalue weighted by Crippen LogP contribution is 2.38. The first-order valence-corrected chi connectivity index (χ1v) is 7.71. The van der Waals surface area contributed by atoms with Gasteiger partial charge in [-0.25, -0.2) is 0 Å². The van der Waals surface area contributed by atoms with Crippen LogP contribution in [0.15, 0.2) is 18.2 Å². The molecule has 0 saturated heterocycles. The summed E-state index contributed by atoms with van der Waals surface area (Å²) in [5.74, 6) is 2.49. The van der Waals surface area contributed by atoms with Crippen molar-refractivity contribution in [2.75, 3.05) is 14.2 Å². The number of nitrogens with one attached hydrogen (secondary N) is 1. The summed E-state index contributed by atoms with van der Waals surface area (Å²) in [6.45, 7) is 4.49. The summed E-state index contributed by atoms with van der Waals surface area (Å²) in [6, 6.07) is 7.33. The van der Waals surface area contributed by atoms with Gasteiger partial charge in [-0.1, -0.05) is 26.3 Å². The van der Waals surface area contributed by atoms with Gasteiger partial charge in [0.15, 0.2) is 11.5 Å². The van der Waals surface area contributed by atoms with Crippen LogP contribution < -0.4 is 14.8 Å². The van der Waals surface area contributed by atoms with Crippen molar-refractivity contribution in [3.05, 3.63) is 23.8 Å². The van der Waals surface area contributed by atoms with E-state index in [2.05, 4.69) is 31.3 Å². The molecule has 1 fully saturated rings. The Morgan fingerprint density at radius 3 is 2.55 bits per heavy atom. The second-order valence-electron chi connectivity index (χ2n) is 5.63. The van der Waals surface area contributed by atoms with Crippen LogP contribution in [0, 0.1) is 5.92 Å². The van der Waals surface area contributed by atoms with E-state index in [4.69, 9.17) is 9.47 Å². The summed E-state index contributed by atoms with van der Waals surface area (Å²) in [4.78, 5) is 0. The van der Waals surface area contributed by atoms with E-state index in [1.807, 2.05) is 6.07 Å². The number of rotatable bonds is 8. The standard InChI is InChI=1S/C17H27NO2/c1-5-7-12-10-15(12)18-14(6-2)13-8-9-16(19-3)17(11-13)20-4/h8-9,11-12,14-15,18H,5-7,10H2,1-4H3. The van der Waals surface area contributed by atoms with E-state index in [0.29, 0.717) is 12.1 Å². The molecule has 3 nitrogen and oxygen atoms in total. The highest BCUT2D eigenvalue weighted by atomic mass is 16.5. The fourth-order valence-electron chi connectivity index (χ4n) is 2.92. The lowest BCUT2D eigenvalue weighted by molar-refractivity contribution is 0.353. The fraction of sp³-hybridized carbons (Fsp3) is 0.647. The number of hydrogen-bond acceptors (Lipinski definition) is 3. The first-order chi connectivity index (χ1) is 9.73. The summed E-state index contributed by atoms with van der Waals surface area (Å²) in [5.41, 5.74) is 1.28. The minimum absolute atomic E-state index is 0.404. The molecule has 0 spiro atoms. The van der Waals surface area contributed by atoms with Crippen molar-refractivity contribution >= 4 is 0 Å². The topological polar surface area (TPSA) is 30.5 Å². The van der Waals surface area contributed by atoms with Gasteiger partial charge < -0.3 is 14.8 Å². The van der Waals surface area contributed by atoms with Crippen LogP contribution in [0.5, 0.6) is 11.5 Å². The molecule has 0 bridgehead atoms. The van der Waals surface area contributed by atoms with Gasteiger partial charge in [0.05, 0.1) is 14.2 Å². The van der Waals surface area contributed by atoms with Crippen molar-refractivity contribution in [1.82, 2.24) is 5.32 Å². The van der Waals surface area contributed by atoms with E-state index >= 15 is 0 Å². The third kappa shape index (κ3) is 3.45. The molecule has 0 radical (unpaired) electrons. The van der Waals surface area contributed by atoms with Crippen molar-refractivity contribution in [2.45, 2.75) is 51.6 Å². The van der Waals surface area contributed by atoms with E-state index in [-0.39, 0.29) is 0 Å². The molecule has 3 heteroatoms. The van der Waals surface area contributed by atoms with Gasteiger partial charge in [0, 0.05) is 12.1 Å². The molecule has 112 valence electrons. The number of methoxy groups -OCH3 is 2. The minimum Gasteiger partial charge on any atom is -0.493 e. The van der Waals surface area contributed by atoms with Gasteiger partial charge in [0.25, 0.3) is 0 Å². The van der Waals surface area contributed by atoms with E-state index in [1.54, 1.807) is 14.2 Å². The van der Waals surface area contributed by atoms with Crippen molar-refractivity contribution in [1.29, 1.82) is 0 Å². The smallest absolute Gasteiger partial charge is 0.161 e. The lowest BCUT2D eigenvalue weighted by Crippen LogP contribution is -2.24. The monoisotopic (exact) mass is 277 g/mol. The largest absolute Gasteiger partial charge is 0.493 e. The van der Waals surface area contributed by atoms with Crippen LogP contribution in [-0.2, 0) is 0 Å². The van der Waals surface area contributed by atoms with Gasteiger partial charge in [-0.15, -0.1) is 0 Å². The summed E-state index contributed by atoms with van der Waals surface area (Å²) < 4.78 is 10.7. The van der Waals surface area contributed by atoms with E-state index < -0.39 is 0 Å². The van der Waals surface area contributed by atoms with Gasteiger partial charge >= 0.3 is 0 Å². The van der Waals surface area contributed by atoms with Crippen molar-refractivity contribution < 1.29 is 9.47 Å². The summed E-state index contributed by atoms with van der Waals surface area (Å²) >= 11 is 0. The predicted molar refractivity (Wildman–Crippen MR) is 82.5 cm³/mol. The fourth-order valence-corrected chi connectivity index (χ4v) is 2.92. The van der Waals surface area contributed by atoms with E-state index in [1.165, 1.54) is 24.8 Å². The van der Waals surface area contributed by atoms with Crippen LogP contribution in [0.1, 0.15) is 51.1 Å². The lowest BCUT2D eigenvalue weighted by Gasteiger charge is -2.19. The maximum absolute atomic E-state index is 5.40. The molecule has 0 heterocycles. The zero-order valence-corrected chi connectivity index (χ0v) is 13.1. The molecule has 1 aromatic carbocycles. The maximum Gasteiger partial charge on any atom is 0.161 e. The van der Waals surface area contributed by atoms with Crippen molar-refractivity contribution in [3.63, 3.8) is 0 Å². The predicted octanol–water partition coefficient (Wildman–Crippen LogP) is 3.93. The molecule has 20 heavy (non-hydrogen) atoms. The Labute approximate surface area is 122 Å². The molecule has 1 N–H and O–H groups in total. The highest BCUT2D eigenvalue weighted by molar-refractivity contribution is 5.43. The first-order valence-electron chi connectivity index (χ1n) is 7.71. The molecule has 1 aromatic rings. The molecule has 2 rings (SSSR count). The number of ether oxygens (including phenoxy) is 2. The molecular formula is C17H27NO2. The van der Waals surface area contributed by atoms with Crippen LogP contribution in [0.4, 0.5) is 0 Å². The minimum atomic E-state index is 0.404. The first kappa shape index (κ1) is 15.2. The molecule has 3 unspecified atom stereocenters. The van der Waals surface area contributed by atoms with Gasteiger partial charge in [0.1, 0.15) is 0 Å². The van der Waals surface area contributed by atoms with E-state index in [9.17, 15) is 0 Å². The Bertz CT molecular complexity index is 433. The Morgan fingerprint density at radius 1 is 1.20 bits per heavy atom. The molecule has 1 aliphatic rings. The zero-order valence-electron chi connectivity index (χ0n) is 13.1. The van der Waals surface area contributed by atoms with Gasteiger partial charge in [-0.05, 0) is 42.9 Å². The Morgan fingerprint density at radius 2 is 1.95 bits per heavy atom. The van der Waals surface area contributed by atoms with Crippen molar-refractivity contribution in [3.8, 4) is 11.5 Å². The molecular weight excluding hydrogens is 250 g/mol. The average molecular weight is 277 g/mol. The number of benzene rings is 1. The molecule has 3 atom stereocenters. The van der Waals surface area contributed by atoms with E-state index in [0.717, 1.165) is 23.8 Å². The molecule has 1 saturated carbocycles. The maximum atomic E-state index is 5.40.